The molecule has 13 heavy (non-hydrogen) atoms. The van der Waals surface area contributed by atoms with Crippen LogP contribution in [0, 0.1) is 17.7 Å². The molecular weight excluding hydrogens is 235 g/mol. The summed E-state index contributed by atoms with van der Waals surface area (Å²) in [4.78, 5) is 0. The van der Waals surface area contributed by atoms with Gasteiger partial charge in [-0.2, -0.15) is 0 Å². The molecule has 0 fully saturated rings. The minimum absolute atomic E-state index is 0.279. The molecule has 0 unspecified atom stereocenters. The summed E-state index contributed by atoms with van der Waals surface area (Å²) in [5.41, 5.74) is 0.604. The van der Waals surface area contributed by atoms with Crippen molar-refractivity contribution in [1.82, 2.24) is 0 Å². The Balaban J connectivity index is 3.08. The second-order valence-corrected chi connectivity index (χ2v) is 2.93. The predicted molar refractivity (Wildman–Crippen MR) is 53.0 cm³/mol. The second kappa shape index (κ2) is 5.00. The molecule has 0 aliphatic rings. The number of rotatable bonds is 1. The number of aliphatic hydroxyl groups is 1. The Hall–Kier alpha value is -0.850. The van der Waals surface area contributed by atoms with Gasteiger partial charge in [0.25, 0.3) is 0 Å². The number of hydrogen-bond acceptors (Lipinski definition) is 1. The van der Waals surface area contributed by atoms with E-state index in [9.17, 15) is 4.39 Å². The number of aliphatic hydroxyl groups excluding tert-OH is 1. The number of alkyl halides is 1. The van der Waals surface area contributed by atoms with Crippen molar-refractivity contribution in [2.75, 3.05) is 5.33 Å². The standard InChI is InChI=1S/C10H8BrFO/c11-6-2-5-8-3-1-4-9(7-13)10(8)12/h1,3-4,13H,6-7H2. The van der Waals surface area contributed by atoms with Gasteiger partial charge >= 0.3 is 0 Å². The summed E-state index contributed by atoms with van der Waals surface area (Å²) in [6.07, 6.45) is 0. The maximum absolute atomic E-state index is 13.3. The number of hydrogen-bond donors (Lipinski definition) is 1. The summed E-state index contributed by atoms with van der Waals surface area (Å²) in [6, 6.07) is 4.80. The molecule has 0 aliphatic heterocycles. The number of halogens is 2. The van der Waals surface area contributed by atoms with Crippen LogP contribution in [0.5, 0.6) is 0 Å². The van der Waals surface area contributed by atoms with Gasteiger partial charge in [0.2, 0.25) is 0 Å². The van der Waals surface area contributed by atoms with Crippen molar-refractivity contribution >= 4 is 15.9 Å². The van der Waals surface area contributed by atoms with Crippen molar-refractivity contribution in [3.63, 3.8) is 0 Å². The Morgan fingerprint density at radius 2 is 2.23 bits per heavy atom. The molecule has 1 nitrogen and oxygen atoms in total. The molecular formula is C10H8BrFO. The molecule has 0 atom stereocenters. The van der Waals surface area contributed by atoms with Crippen LogP contribution in [0.1, 0.15) is 11.1 Å². The van der Waals surface area contributed by atoms with Crippen LogP contribution < -0.4 is 0 Å². The monoisotopic (exact) mass is 242 g/mol. The largest absolute Gasteiger partial charge is 0.392 e. The van der Waals surface area contributed by atoms with Crippen LogP contribution in [0.3, 0.4) is 0 Å². The fourth-order valence-electron chi connectivity index (χ4n) is 0.927. The topological polar surface area (TPSA) is 20.2 Å². The molecule has 0 saturated heterocycles. The molecule has 1 N–H and O–H groups in total. The first-order chi connectivity index (χ1) is 6.29. The lowest BCUT2D eigenvalue weighted by Gasteiger charge is -1.99. The third kappa shape index (κ3) is 2.55. The first-order valence-corrected chi connectivity index (χ1v) is 4.85. The van der Waals surface area contributed by atoms with Gasteiger partial charge in [-0.25, -0.2) is 4.39 Å². The molecule has 3 heteroatoms. The molecule has 0 saturated carbocycles. The highest BCUT2D eigenvalue weighted by Gasteiger charge is 2.03. The van der Waals surface area contributed by atoms with E-state index in [0.29, 0.717) is 10.9 Å². The van der Waals surface area contributed by atoms with Gasteiger partial charge < -0.3 is 5.11 Å². The van der Waals surface area contributed by atoms with Gasteiger partial charge in [-0.05, 0) is 6.07 Å². The summed E-state index contributed by atoms with van der Waals surface area (Å²) in [6.45, 7) is -0.296. The smallest absolute Gasteiger partial charge is 0.144 e. The molecule has 0 amide bonds. The Morgan fingerprint density at radius 3 is 2.85 bits per heavy atom. The molecule has 1 aromatic rings. The van der Waals surface area contributed by atoms with Crippen molar-refractivity contribution in [1.29, 1.82) is 0 Å². The average molecular weight is 243 g/mol. The zero-order valence-electron chi connectivity index (χ0n) is 6.85. The lowest BCUT2D eigenvalue weighted by atomic mass is 10.1. The minimum Gasteiger partial charge on any atom is -0.392 e. The summed E-state index contributed by atoms with van der Waals surface area (Å²) in [5, 5.41) is 9.28. The van der Waals surface area contributed by atoms with Crippen molar-refractivity contribution < 1.29 is 9.50 Å². The molecule has 0 bridgehead atoms. The summed E-state index contributed by atoms with van der Waals surface area (Å²) < 4.78 is 13.3. The Bertz CT molecular complexity index is 352. The van der Waals surface area contributed by atoms with Crippen LogP contribution in [-0.2, 0) is 6.61 Å². The van der Waals surface area contributed by atoms with E-state index in [1.165, 1.54) is 6.07 Å². The third-order valence-corrected chi connectivity index (χ3v) is 1.82. The Kier molecular flexibility index (Phi) is 3.94. The molecule has 68 valence electrons. The molecule has 0 spiro atoms. The van der Waals surface area contributed by atoms with Crippen LogP contribution in [-0.4, -0.2) is 10.4 Å². The maximum atomic E-state index is 13.3. The van der Waals surface area contributed by atoms with Crippen molar-refractivity contribution in [3.05, 3.63) is 35.1 Å². The fraction of sp³-hybridized carbons (Fsp3) is 0.200. The maximum Gasteiger partial charge on any atom is 0.144 e. The van der Waals surface area contributed by atoms with Crippen LogP contribution in [0.4, 0.5) is 4.39 Å². The first-order valence-electron chi connectivity index (χ1n) is 3.72. The molecule has 0 radical (unpaired) electrons. The number of benzene rings is 1. The van der Waals surface area contributed by atoms with Gasteiger partial charge in [-0.1, -0.05) is 39.9 Å². The average Bonchev–Trinajstić information content (AvgIpc) is 2.16. The van der Waals surface area contributed by atoms with Crippen molar-refractivity contribution in [2.24, 2.45) is 0 Å². The van der Waals surface area contributed by atoms with Crippen LogP contribution in [0.15, 0.2) is 18.2 Å². The van der Waals surface area contributed by atoms with E-state index in [4.69, 9.17) is 5.11 Å². The Morgan fingerprint density at radius 1 is 1.46 bits per heavy atom. The predicted octanol–water partition coefficient (Wildman–Crippen LogP) is 2.06. The molecule has 1 rings (SSSR count). The van der Waals surface area contributed by atoms with Gasteiger partial charge in [-0.3, -0.25) is 0 Å². The summed E-state index contributed by atoms with van der Waals surface area (Å²) in [5.74, 6) is 4.92. The normalized spacial score (nSPS) is 9.15. The molecule has 0 aromatic heterocycles. The lowest BCUT2D eigenvalue weighted by Crippen LogP contribution is -1.92. The van der Waals surface area contributed by atoms with Gasteiger partial charge in [-0.15, -0.1) is 0 Å². The van der Waals surface area contributed by atoms with E-state index in [1.54, 1.807) is 12.1 Å². The first kappa shape index (κ1) is 10.2. The zero-order valence-corrected chi connectivity index (χ0v) is 8.44. The minimum atomic E-state index is -0.432. The van der Waals surface area contributed by atoms with Crippen molar-refractivity contribution in [2.45, 2.75) is 6.61 Å². The van der Waals surface area contributed by atoms with E-state index >= 15 is 0 Å². The third-order valence-electron chi connectivity index (χ3n) is 1.54. The SMILES string of the molecule is OCc1cccc(C#CCBr)c1F. The van der Waals surface area contributed by atoms with E-state index in [-0.39, 0.29) is 12.2 Å². The molecule has 0 aliphatic carbocycles. The van der Waals surface area contributed by atoms with Crippen LogP contribution >= 0.6 is 15.9 Å². The lowest BCUT2D eigenvalue weighted by molar-refractivity contribution is 0.275. The summed E-state index contributed by atoms with van der Waals surface area (Å²) in [7, 11) is 0. The van der Waals surface area contributed by atoms with E-state index in [1.807, 2.05) is 0 Å². The van der Waals surface area contributed by atoms with E-state index in [2.05, 4.69) is 27.8 Å². The van der Waals surface area contributed by atoms with E-state index < -0.39 is 5.82 Å². The highest BCUT2D eigenvalue weighted by atomic mass is 79.9. The van der Waals surface area contributed by atoms with Gasteiger partial charge in [0.05, 0.1) is 17.5 Å². The van der Waals surface area contributed by atoms with Crippen LogP contribution in [0.2, 0.25) is 0 Å². The molecule has 1 aromatic carbocycles. The highest BCUT2D eigenvalue weighted by Crippen LogP contribution is 2.11. The molecule has 0 heterocycles. The van der Waals surface area contributed by atoms with Gasteiger partial charge in [0, 0.05) is 5.56 Å². The second-order valence-electron chi connectivity index (χ2n) is 2.37. The highest BCUT2D eigenvalue weighted by molar-refractivity contribution is 9.09. The van der Waals surface area contributed by atoms with Gasteiger partial charge in [0.15, 0.2) is 0 Å². The summed E-state index contributed by atoms with van der Waals surface area (Å²) >= 11 is 3.12. The van der Waals surface area contributed by atoms with E-state index in [0.717, 1.165) is 0 Å². The zero-order chi connectivity index (χ0) is 9.68. The Labute approximate surface area is 84.7 Å². The quantitative estimate of drug-likeness (QED) is 0.591. The van der Waals surface area contributed by atoms with Crippen LogP contribution in [0.25, 0.3) is 0 Å². The fourth-order valence-corrected chi connectivity index (χ4v) is 1.07. The van der Waals surface area contributed by atoms with Crippen molar-refractivity contribution in [3.8, 4) is 11.8 Å². The van der Waals surface area contributed by atoms with Gasteiger partial charge in [0.1, 0.15) is 5.82 Å².